The Morgan fingerprint density at radius 3 is 1.70 bits per heavy atom. The molecule has 1 aromatic rings. The van der Waals surface area contributed by atoms with Gasteiger partial charge in [0.2, 0.25) is 0 Å². The Morgan fingerprint density at radius 2 is 1.30 bits per heavy atom. The number of carbonyl (C=O) groups is 3. The number of esters is 3. The van der Waals surface area contributed by atoms with Crippen molar-refractivity contribution in [3.63, 3.8) is 0 Å². The van der Waals surface area contributed by atoms with E-state index in [0.717, 1.165) is 17.7 Å². The highest BCUT2D eigenvalue weighted by atomic mass is 16.5. The molecule has 0 atom stereocenters. The maximum absolute atomic E-state index is 10.9. The molecule has 0 unspecified atom stereocenters. The van der Waals surface area contributed by atoms with Gasteiger partial charge in [-0.2, -0.15) is 0 Å². The van der Waals surface area contributed by atoms with Gasteiger partial charge in [-0.25, -0.2) is 14.4 Å². The van der Waals surface area contributed by atoms with Crippen molar-refractivity contribution in [1.82, 2.24) is 0 Å². The van der Waals surface area contributed by atoms with Crippen molar-refractivity contribution in [2.75, 3.05) is 6.61 Å². The van der Waals surface area contributed by atoms with Gasteiger partial charge in [0, 0.05) is 18.2 Å². The molecule has 0 aliphatic carbocycles. The van der Waals surface area contributed by atoms with E-state index in [0.29, 0.717) is 6.61 Å². The third kappa shape index (κ3) is 15.1. The first-order valence-corrected chi connectivity index (χ1v) is 8.73. The maximum Gasteiger partial charge on any atom is 0.331 e. The molecule has 1 rings (SSSR count). The Kier molecular flexibility index (Phi) is 12.8. The number of rotatable bonds is 7. The van der Waals surface area contributed by atoms with Gasteiger partial charge in [-0.15, -0.1) is 0 Å². The van der Waals surface area contributed by atoms with E-state index in [4.69, 9.17) is 14.2 Å². The molecule has 1 aromatic carbocycles. The number of ether oxygens (including phenoxy) is 3. The number of carbonyl (C=O) groups excluding carboxylic acids is 3. The molecule has 0 saturated carbocycles. The SMILES string of the molecule is CC(C)OC(=O)/C=C/C(=O)OC(C)C.CCOC(=O)/C=C/c1ccccc1. The minimum atomic E-state index is -0.541. The zero-order valence-electron chi connectivity index (χ0n) is 16.5. The van der Waals surface area contributed by atoms with Crippen LogP contribution in [0.25, 0.3) is 6.08 Å². The summed E-state index contributed by atoms with van der Waals surface area (Å²) in [7, 11) is 0. The lowest BCUT2D eigenvalue weighted by Gasteiger charge is -2.05. The molecule has 0 aliphatic rings. The molecule has 0 aliphatic heterocycles. The highest BCUT2D eigenvalue weighted by Gasteiger charge is 2.03. The van der Waals surface area contributed by atoms with E-state index in [1.807, 2.05) is 30.3 Å². The zero-order valence-corrected chi connectivity index (χ0v) is 16.5. The van der Waals surface area contributed by atoms with Crippen LogP contribution >= 0.6 is 0 Å². The van der Waals surface area contributed by atoms with Gasteiger partial charge < -0.3 is 14.2 Å². The Hall–Kier alpha value is -2.89. The largest absolute Gasteiger partial charge is 0.463 e. The molecule has 0 spiro atoms. The minimum Gasteiger partial charge on any atom is -0.463 e. The topological polar surface area (TPSA) is 78.9 Å². The quantitative estimate of drug-likeness (QED) is 0.410. The summed E-state index contributed by atoms with van der Waals surface area (Å²) in [6, 6.07) is 9.63. The lowest BCUT2D eigenvalue weighted by molar-refractivity contribution is -0.144. The van der Waals surface area contributed by atoms with Crippen LogP contribution in [-0.2, 0) is 28.6 Å². The minimum absolute atomic E-state index is 0.187. The number of hydrogen-bond donors (Lipinski definition) is 0. The van der Waals surface area contributed by atoms with E-state index in [9.17, 15) is 14.4 Å². The van der Waals surface area contributed by atoms with Gasteiger partial charge in [-0.3, -0.25) is 0 Å². The van der Waals surface area contributed by atoms with Crippen LogP contribution in [0, 0.1) is 0 Å². The molecule has 6 heteroatoms. The van der Waals surface area contributed by atoms with Crippen molar-refractivity contribution in [3.8, 4) is 0 Å². The summed E-state index contributed by atoms with van der Waals surface area (Å²) in [5, 5.41) is 0. The predicted octanol–water partition coefficient (Wildman–Crippen LogP) is 3.71. The van der Waals surface area contributed by atoms with E-state index in [1.165, 1.54) is 6.08 Å². The zero-order chi connectivity index (χ0) is 20.7. The fraction of sp³-hybridized carbons (Fsp3) is 0.381. The summed E-state index contributed by atoms with van der Waals surface area (Å²) in [6.07, 6.45) is 4.91. The van der Waals surface area contributed by atoms with Gasteiger partial charge in [-0.1, -0.05) is 30.3 Å². The Bertz CT molecular complexity index is 605. The fourth-order valence-corrected chi connectivity index (χ4v) is 1.60. The second kappa shape index (κ2) is 14.3. The molecule has 6 nitrogen and oxygen atoms in total. The smallest absolute Gasteiger partial charge is 0.331 e. The number of benzene rings is 1. The molecular weight excluding hydrogens is 348 g/mol. The Balaban J connectivity index is 0.000000501. The maximum atomic E-state index is 10.9. The summed E-state index contributed by atoms with van der Waals surface area (Å²) in [4.78, 5) is 32.8. The lowest BCUT2D eigenvalue weighted by Crippen LogP contribution is -2.11. The van der Waals surface area contributed by atoms with Crippen molar-refractivity contribution < 1.29 is 28.6 Å². The van der Waals surface area contributed by atoms with Crippen LogP contribution in [0.3, 0.4) is 0 Å². The molecule has 0 bridgehead atoms. The first-order chi connectivity index (χ1) is 12.7. The normalized spacial score (nSPS) is 10.6. The lowest BCUT2D eigenvalue weighted by atomic mass is 10.2. The molecule has 0 saturated heterocycles. The van der Waals surface area contributed by atoms with Gasteiger partial charge in [0.05, 0.1) is 18.8 Å². The highest BCUT2D eigenvalue weighted by Crippen LogP contribution is 2.00. The van der Waals surface area contributed by atoms with Crippen molar-refractivity contribution >= 4 is 24.0 Å². The summed E-state index contributed by atoms with van der Waals surface area (Å²) in [5.41, 5.74) is 0.996. The average Bonchev–Trinajstić information content (AvgIpc) is 2.59. The van der Waals surface area contributed by atoms with Crippen molar-refractivity contribution in [2.24, 2.45) is 0 Å². The van der Waals surface area contributed by atoms with E-state index in [-0.39, 0.29) is 18.2 Å². The van der Waals surface area contributed by atoms with Crippen LogP contribution in [0.2, 0.25) is 0 Å². The van der Waals surface area contributed by atoms with Crippen LogP contribution in [-0.4, -0.2) is 36.7 Å². The van der Waals surface area contributed by atoms with Gasteiger partial charge in [-0.05, 0) is 46.3 Å². The van der Waals surface area contributed by atoms with Crippen LogP contribution in [0.4, 0.5) is 0 Å². The molecule has 0 aromatic heterocycles. The molecule has 148 valence electrons. The summed E-state index contributed by atoms with van der Waals surface area (Å²) in [5.74, 6) is -1.38. The summed E-state index contributed by atoms with van der Waals surface area (Å²) < 4.78 is 14.3. The fourth-order valence-electron chi connectivity index (χ4n) is 1.60. The summed E-state index contributed by atoms with van der Waals surface area (Å²) in [6.45, 7) is 9.14. The molecule has 27 heavy (non-hydrogen) atoms. The number of hydrogen-bond acceptors (Lipinski definition) is 6. The third-order valence-electron chi connectivity index (χ3n) is 2.56. The van der Waals surface area contributed by atoms with Crippen LogP contribution in [0.1, 0.15) is 40.2 Å². The van der Waals surface area contributed by atoms with Crippen molar-refractivity contribution in [2.45, 2.75) is 46.8 Å². The molecular formula is C21H28O6. The van der Waals surface area contributed by atoms with Crippen LogP contribution in [0.15, 0.2) is 48.6 Å². The standard InChI is InChI=1S/C11H12O2.C10H16O4/c1-2-13-11(12)9-8-10-6-4-3-5-7-10;1-7(2)13-9(11)5-6-10(12)14-8(3)4/h3-9H,2H2,1H3;5-8H,1-4H3/b9-8+;6-5+. The second-order valence-electron chi connectivity index (χ2n) is 5.80. The predicted molar refractivity (Wildman–Crippen MR) is 104 cm³/mol. The van der Waals surface area contributed by atoms with Gasteiger partial charge in [0.1, 0.15) is 0 Å². The molecule has 0 N–H and O–H groups in total. The first-order valence-electron chi connectivity index (χ1n) is 8.73. The Labute approximate surface area is 160 Å². The Morgan fingerprint density at radius 1 is 0.815 bits per heavy atom. The summed E-state index contributed by atoms with van der Waals surface area (Å²) >= 11 is 0. The van der Waals surface area contributed by atoms with Crippen LogP contribution < -0.4 is 0 Å². The van der Waals surface area contributed by atoms with Crippen molar-refractivity contribution in [1.29, 1.82) is 0 Å². The van der Waals surface area contributed by atoms with E-state index < -0.39 is 11.9 Å². The molecule has 0 fully saturated rings. The molecule has 0 amide bonds. The highest BCUT2D eigenvalue weighted by molar-refractivity contribution is 5.91. The second-order valence-corrected chi connectivity index (χ2v) is 5.80. The van der Waals surface area contributed by atoms with Crippen molar-refractivity contribution in [3.05, 3.63) is 54.1 Å². The molecule has 0 radical (unpaired) electrons. The van der Waals surface area contributed by atoms with Gasteiger partial charge in [0.15, 0.2) is 0 Å². The average molecular weight is 376 g/mol. The molecule has 0 heterocycles. The first kappa shape index (κ1) is 24.1. The van der Waals surface area contributed by atoms with E-state index in [2.05, 4.69) is 0 Å². The van der Waals surface area contributed by atoms with Gasteiger partial charge in [0.25, 0.3) is 0 Å². The third-order valence-corrected chi connectivity index (χ3v) is 2.56. The van der Waals surface area contributed by atoms with Crippen LogP contribution in [0.5, 0.6) is 0 Å². The van der Waals surface area contributed by atoms with E-state index >= 15 is 0 Å². The monoisotopic (exact) mass is 376 g/mol. The van der Waals surface area contributed by atoms with Gasteiger partial charge >= 0.3 is 17.9 Å². The van der Waals surface area contributed by atoms with E-state index in [1.54, 1.807) is 40.7 Å².